The van der Waals surface area contributed by atoms with Crippen molar-refractivity contribution in [1.82, 2.24) is 25.8 Å². The van der Waals surface area contributed by atoms with Crippen LogP contribution in [0.15, 0.2) is 84.9 Å². The van der Waals surface area contributed by atoms with Gasteiger partial charge in [-0.1, -0.05) is 80.9 Å². The molecule has 26 heteroatoms. The lowest BCUT2D eigenvalue weighted by atomic mass is 9.72. The van der Waals surface area contributed by atoms with Crippen LogP contribution in [-0.2, 0) is 81.4 Å². The fraction of sp³-hybridized carbons (Fsp3) is 0.455. The number of imide groups is 1. The fourth-order valence-electron chi connectivity index (χ4n) is 12.8. The molecule has 0 bridgehead atoms. The molecule has 3 fully saturated rings. The summed E-state index contributed by atoms with van der Waals surface area (Å²) in [6, 6.07) is 16.9. The number of methoxy groups -OCH3 is 1. The molecule has 3 saturated heterocycles. The van der Waals surface area contributed by atoms with Crippen LogP contribution in [0.3, 0.4) is 0 Å². The molecule has 7 amide bonds. The third-order valence-electron chi connectivity index (χ3n) is 17.4. The van der Waals surface area contributed by atoms with Gasteiger partial charge in [0, 0.05) is 98.4 Å². The van der Waals surface area contributed by atoms with Crippen molar-refractivity contribution >= 4 is 70.3 Å². The van der Waals surface area contributed by atoms with Crippen LogP contribution in [0.25, 0.3) is 0 Å². The number of aromatic hydroxyl groups is 2. The number of fused-ring (bicyclic) bond motifs is 6. The second kappa shape index (κ2) is 28.4. The van der Waals surface area contributed by atoms with Gasteiger partial charge in [-0.25, -0.2) is 4.79 Å². The van der Waals surface area contributed by atoms with Crippen molar-refractivity contribution in [2.24, 2.45) is 5.92 Å². The molecule has 1 unspecified atom stereocenters. The van der Waals surface area contributed by atoms with Crippen molar-refractivity contribution in [3.05, 3.63) is 129 Å². The third-order valence-corrected chi connectivity index (χ3v) is 17.4. The number of phenolic OH excluding ortho intramolecular Hbond substituents is 2. The summed E-state index contributed by atoms with van der Waals surface area (Å²) in [7, 11) is 1.52. The first kappa shape index (κ1) is 66.2. The first-order valence-electron chi connectivity index (χ1n) is 30.7. The molecule has 0 aromatic heterocycles. The Kier molecular flexibility index (Phi) is 20.4. The van der Waals surface area contributed by atoms with E-state index in [1.807, 2.05) is 19.9 Å². The molecule has 0 saturated carbocycles. The number of hydrogen-bond acceptors (Lipinski definition) is 20. The number of para-hydroxylation sites is 1. The predicted molar refractivity (Wildman–Crippen MR) is 325 cm³/mol. The lowest BCUT2D eigenvalue weighted by Gasteiger charge is -2.43. The Morgan fingerprint density at radius 1 is 0.783 bits per heavy atom. The van der Waals surface area contributed by atoms with E-state index >= 15 is 0 Å². The van der Waals surface area contributed by atoms with Gasteiger partial charge in [0.05, 0.1) is 47.7 Å². The van der Waals surface area contributed by atoms with Gasteiger partial charge in [0.15, 0.2) is 36.2 Å². The summed E-state index contributed by atoms with van der Waals surface area (Å²) in [6.45, 7) is 6.79. The minimum absolute atomic E-state index is 0.0630. The standard InChI is InChI=1S/C66H75N7O19/c1-34(2)27-43(70-62(84)44(28-37-15-8-6-9-16-37)69-47(75)21-10-7-13-24-73-49(77)22-23-50(73)78)61(83)67-32-48(76)68-41-19-12-11-17-38(41)33-89-65(85)71-42-20-14-18-39-52(42)58(81)55-54(56(39)79)57(80)40-30-66(86,36(4)74)31-46(53(40)59(55)82)91-51-29-45-60(35(3)90-51)92-63-64(87-5)88-26-25-72(45)63/h6,8-9,11-12,14-20,22-23,34-35,43-46,51,60,63-64,80,82,86H,7,10,13,21,24-33H2,1-5H3,(H,67,83)(H,68,76)(H,69,75)(H,70,84)(H,71,85)/t35-,43-,44-,45-,46-,51?,60+,63+,64-,66-/m0/s1. The zero-order valence-corrected chi connectivity index (χ0v) is 51.5. The normalized spacial score (nSPS) is 23.7. The Labute approximate surface area is 529 Å². The summed E-state index contributed by atoms with van der Waals surface area (Å²) in [5.74, 6) is -7.30. The number of anilines is 2. The van der Waals surface area contributed by atoms with Gasteiger partial charge in [0.2, 0.25) is 23.6 Å². The number of amides is 7. The van der Waals surface area contributed by atoms with Gasteiger partial charge >= 0.3 is 6.09 Å². The van der Waals surface area contributed by atoms with Crippen molar-refractivity contribution < 1.29 is 91.7 Å². The average molecular weight is 1270 g/mol. The topological polar surface area (TPSA) is 353 Å². The van der Waals surface area contributed by atoms with Gasteiger partial charge in [-0.05, 0) is 56.7 Å². The third kappa shape index (κ3) is 14.3. The van der Waals surface area contributed by atoms with E-state index in [-0.39, 0.29) is 89.6 Å². The molecule has 4 heterocycles. The highest BCUT2D eigenvalue weighted by Gasteiger charge is 2.55. The van der Waals surface area contributed by atoms with E-state index in [0.717, 1.165) is 10.5 Å². The molecule has 10 atom stereocenters. The van der Waals surface area contributed by atoms with E-state index in [4.69, 9.17) is 28.4 Å². The summed E-state index contributed by atoms with van der Waals surface area (Å²) in [6.07, 6.45) is -2.13. The van der Waals surface area contributed by atoms with Crippen LogP contribution in [-0.4, -0.2) is 172 Å². The summed E-state index contributed by atoms with van der Waals surface area (Å²) in [5.41, 5.74) is -3.18. The van der Waals surface area contributed by atoms with Gasteiger partial charge in [-0.3, -0.25) is 58.3 Å². The number of phenols is 2. The molecule has 10 rings (SSSR count). The maximum Gasteiger partial charge on any atom is 0.411 e. The number of unbranched alkanes of at least 4 members (excludes halogenated alkanes) is 2. The van der Waals surface area contributed by atoms with Gasteiger partial charge in [-0.2, -0.15) is 0 Å². The van der Waals surface area contributed by atoms with E-state index in [0.29, 0.717) is 38.0 Å². The van der Waals surface area contributed by atoms with Crippen LogP contribution in [0.5, 0.6) is 11.5 Å². The van der Waals surface area contributed by atoms with Crippen LogP contribution < -0.4 is 26.6 Å². The highest BCUT2D eigenvalue weighted by atomic mass is 16.7. The van der Waals surface area contributed by atoms with E-state index < -0.39 is 150 Å². The van der Waals surface area contributed by atoms with E-state index in [1.165, 1.54) is 50.5 Å². The summed E-state index contributed by atoms with van der Waals surface area (Å²) < 4.78 is 36.1. The lowest BCUT2D eigenvalue weighted by Crippen LogP contribution is -2.55. The van der Waals surface area contributed by atoms with Crippen molar-refractivity contribution in [3.63, 3.8) is 0 Å². The van der Waals surface area contributed by atoms with Gasteiger partial charge < -0.3 is 65.0 Å². The SMILES string of the molecule is CO[C@H]1OCCN2[C@@H]1O[C@@H]1[C@H](C)OC(O[C@H]3C[C@](O)(C(C)=O)Cc4c(O)c5c(c(O)c43)C(=O)c3c(NC(=O)OCc4ccccc4NC(=O)CNC(=O)[C@H](CC(C)C)NC(=O)[C@H](Cc4ccccc4)NC(=O)CCCCCN4C(=O)C=CC4=O)cccc3C5=O)C[C@@H]12. The van der Waals surface area contributed by atoms with Crippen LogP contribution in [0.4, 0.5) is 16.2 Å². The molecule has 6 aliphatic rings. The Hall–Kier alpha value is -8.76. The molecule has 0 radical (unpaired) electrons. The van der Waals surface area contributed by atoms with Gasteiger partial charge in [0.25, 0.3) is 11.8 Å². The average Bonchev–Trinajstić information content (AvgIpc) is 0.764. The van der Waals surface area contributed by atoms with Crippen LogP contribution in [0, 0.1) is 5.92 Å². The summed E-state index contributed by atoms with van der Waals surface area (Å²) >= 11 is 0. The number of rotatable bonds is 24. The summed E-state index contributed by atoms with van der Waals surface area (Å²) in [5, 5.41) is 49.5. The predicted octanol–water partition coefficient (Wildman–Crippen LogP) is 4.28. The highest BCUT2D eigenvalue weighted by molar-refractivity contribution is 6.32. The zero-order valence-electron chi connectivity index (χ0n) is 51.5. The van der Waals surface area contributed by atoms with E-state index in [1.54, 1.807) is 49.4 Å². The molecule has 26 nitrogen and oxygen atoms in total. The number of aliphatic hydroxyl groups is 1. The molecule has 8 N–H and O–H groups in total. The zero-order chi connectivity index (χ0) is 65.7. The molecule has 4 aromatic rings. The number of morpholine rings is 1. The Morgan fingerprint density at radius 2 is 1.50 bits per heavy atom. The Balaban J connectivity index is 0.770. The number of ketones is 3. The van der Waals surface area contributed by atoms with Gasteiger partial charge in [-0.15, -0.1) is 0 Å². The van der Waals surface area contributed by atoms with Crippen LogP contribution >= 0.6 is 0 Å². The number of carbonyl (C=O) groups excluding carboxylic acids is 10. The van der Waals surface area contributed by atoms with Gasteiger partial charge in [0.1, 0.15) is 41.9 Å². The number of ether oxygens (including phenoxy) is 6. The summed E-state index contributed by atoms with van der Waals surface area (Å²) in [4.78, 5) is 138. The number of Topliss-reactive ketones (excluding diaryl/α,β-unsaturated/α-hetero) is 1. The number of benzene rings is 4. The minimum Gasteiger partial charge on any atom is -0.507 e. The molecular weight excluding hydrogens is 1190 g/mol. The molecule has 0 spiro atoms. The first-order chi connectivity index (χ1) is 44.0. The number of hydrogen-bond donors (Lipinski definition) is 8. The van der Waals surface area contributed by atoms with Crippen molar-refractivity contribution in [3.8, 4) is 11.5 Å². The van der Waals surface area contributed by atoms with Crippen molar-refractivity contribution in [2.75, 3.05) is 44.0 Å². The smallest absolute Gasteiger partial charge is 0.411 e. The molecule has 4 aliphatic heterocycles. The van der Waals surface area contributed by atoms with Crippen LogP contribution in [0.1, 0.15) is 133 Å². The monoisotopic (exact) mass is 1270 g/mol. The molecule has 4 aromatic carbocycles. The second-order valence-electron chi connectivity index (χ2n) is 24.2. The van der Waals surface area contributed by atoms with E-state index in [2.05, 4.69) is 31.5 Å². The molecule has 488 valence electrons. The fourth-order valence-corrected chi connectivity index (χ4v) is 12.8. The largest absolute Gasteiger partial charge is 0.507 e. The van der Waals surface area contributed by atoms with Crippen molar-refractivity contribution in [2.45, 2.75) is 153 Å². The second-order valence-corrected chi connectivity index (χ2v) is 24.2. The molecular formula is C66H75N7O19. The molecule has 92 heavy (non-hydrogen) atoms. The van der Waals surface area contributed by atoms with E-state index in [9.17, 15) is 63.3 Å². The Bertz CT molecular complexity index is 3580. The minimum atomic E-state index is -2.14. The highest BCUT2D eigenvalue weighted by Crippen LogP contribution is 2.53. The van der Waals surface area contributed by atoms with Crippen molar-refractivity contribution in [1.29, 1.82) is 0 Å². The lowest BCUT2D eigenvalue weighted by molar-refractivity contribution is -0.256. The number of nitrogens with zero attached hydrogens (tertiary/aromatic N) is 2. The van der Waals surface area contributed by atoms with Crippen LogP contribution in [0.2, 0.25) is 0 Å². The number of carbonyl (C=O) groups is 10. The number of nitrogens with one attached hydrogen (secondary N) is 5. The maximum absolute atomic E-state index is 14.8. The molecule has 2 aliphatic carbocycles. The first-order valence-corrected chi connectivity index (χ1v) is 30.7. The maximum atomic E-state index is 14.8. The Morgan fingerprint density at radius 3 is 2.23 bits per heavy atom. The quantitative estimate of drug-likeness (QED) is 0.0243.